The molecule has 2 N–H and O–H groups in total. The molecule has 0 aliphatic carbocycles. The second-order valence-electron chi connectivity index (χ2n) is 6.40. The van der Waals surface area contributed by atoms with E-state index in [9.17, 15) is 30.4 Å². The van der Waals surface area contributed by atoms with Crippen molar-refractivity contribution in [3.8, 4) is 11.5 Å². The summed E-state index contributed by atoms with van der Waals surface area (Å²) in [7, 11) is 0. The van der Waals surface area contributed by atoms with Crippen LogP contribution >= 0.6 is 0 Å². The van der Waals surface area contributed by atoms with Gasteiger partial charge in [-0.1, -0.05) is 0 Å². The first-order valence-corrected chi connectivity index (χ1v) is 8.86. The predicted octanol–water partition coefficient (Wildman–Crippen LogP) is 1.90. The van der Waals surface area contributed by atoms with Crippen molar-refractivity contribution in [3.63, 3.8) is 0 Å². The van der Waals surface area contributed by atoms with E-state index in [1.54, 1.807) is 10.0 Å². The number of phenolic OH excluding ortho intramolecular Hbond substituents is 2. The van der Waals surface area contributed by atoms with Crippen molar-refractivity contribution in [1.82, 2.24) is 10.0 Å². The van der Waals surface area contributed by atoms with Crippen molar-refractivity contribution < 1.29 is 20.1 Å². The molecule has 0 aromatic heterocycles. The molecule has 1 aliphatic heterocycles. The fourth-order valence-electron chi connectivity index (χ4n) is 2.72. The number of nitro benzene ring substituents is 2. The second kappa shape index (κ2) is 8.86. The fraction of sp³-hybridized carbons (Fsp3) is 0.222. The molecule has 0 bridgehead atoms. The van der Waals surface area contributed by atoms with E-state index < -0.39 is 9.85 Å². The summed E-state index contributed by atoms with van der Waals surface area (Å²) >= 11 is 0. The van der Waals surface area contributed by atoms with Gasteiger partial charge in [-0.15, -0.1) is 0 Å². The molecular weight excluding hydrogens is 396 g/mol. The average Bonchev–Trinajstić information content (AvgIpc) is 2.73. The van der Waals surface area contributed by atoms with Gasteiger partial charge in [0.25, 0.3) is 11.4 Å². The minimum atomic E-state index is -0.549. The van der Waals surface area contributed by atoms with Gasteiger partial charge in [0.15, 0.2) is 0 Å². The third-order valence-corrected chi connectivity index (χ3v) is 4.40. The molecule has 0 spiro atoms. The van der Waals surface area contributed by atoms with E-state index in [1.165, 1.54) is 48.8 Å². The zero-order valence-corrected chi connectivity index (χ0v) is 15.7. The van der Waals surface area contributed by atoms with Crippen LogP contribution in [0.3, 0.4) is 0 Å². The molecule has 30 heavy (non-hydrogen) atoms. The first-order chi connectivity index (χ1) is 14.3. The lowest BCUT2D eigenvalue weighted by Crippen LogP contribution is -2.41. The number of non-ortho nitro benzene ring substituents is 2. The van der Waals surface area contributed by atoms with Crippen molar-refractivity contribution >= 4 is 23.8 Å². The van der Waals surface area contributed by atoms with E-state index in [4.69, 9.17) is 0 Å². The number of phenols is 2. The summed E-state index contributed by atoms with van der Waals surface area (Å²) in [6.45, 7) is 2.02. The van der Waals surface area contributed by atoms with Gasteiger partial charge in [-0.25, -0.2) is 0 Å². The van der Waals surface area contributed by atoms with E-state index in [-0.39, 0.29) is 34.0 Å². The molecule has 1 heterocycles. The monoisotopic (exact) mass is 414 g/mol. The number of nitro groups is 2. The Balaban J connectivity index is 1.59. The van der Waals surface area contributed by atoms with Crippen LogP contribution in [-0.4, -0.2) is 68.7 Å². The zero-order chi connectivity index (χ0) is 21.7. The molecule has 1 fully saturated rings. The van der Waals surface area contributed by atoms with Crippen LogP contribution in [0.1, 0.15) is 11.1 Å². The Morgan fingerprint density at radius 2 is 1.13 bits per heavy atom. The van der Waals surface area contributed by atoms with Crippen LogP contribution in [0.25, 0.3) is 0 Å². The molecule has 1 aliphatic rings. The van der Waals surface area contributed by atoms with Gasteiger partial charge in [-0.2, -0.15) is 10.2 Å². The van der Waals surface area contributed by atoms with Crippen LogP contribution in [0.5, 0.6) is 11.5 Å². The van der Waals surface area contributed by atoms with Crippen molar-refractivity contribution in [2.24, 2.45) is 10.2 Å². The summed E-state index contributed by atoms with van der Waals surface area (Å²) in [6.07, 6.45) is 2.73. The molecule has 0 radical (unpaired) electrons. The molecule has 1 saturated heterocycles. The number of rotatable bonds is 6. The molecule has 0 unspecified atom stereocenters. The van der Waals surface area contributed by atoms with Gasteiger partial charge in [0.2, 0.25) is 0 Å². The topological polar surface area (TPSA) is 158 Å². The standard InChI is InChI=1S/C18H18N6O6/c25-17-3-1-15(23(27)28)9-13(17)11-19-21-5-7-22(8-6-21)20-12-14-10-16(24(29)30)2-4-18(14)26/h1-4,9-12,25-26H,5-8H2. The van der Waals surface area contributed by atoms with E-state index in [0.717, 1.165) is 0 Å². The Bertz CT molecular complexity index is 935. The van der Waals surface area contributed by atoms with Crippen molar-refractivity contribution in [2.75, 3.05) is 26.2 Å². The molecule has 2 aromatic rings. The van der Waals surface area contributed by atoms with Gasteiger partial charge < -0.3 is 10.2 Å². The Kier molecular flexibility index (Phi) is 6.05. The van der Waals surface area contributed by atoms with E-state index in [1.807, 2.05) is 0 Å². The number of hydrogen-bond donors (Lipinski definition) is 2. The minimum absolute atomic E-state index is 0.107. The van der Waals surface area contributed by atoms with Gasteiger partial charge in [0.1, 0.15) is 11.5 Å². The first kappa shape index (κ1) is 20.5. The molecular formula is C18H18N6O6. The fourth-order valence-corrected chi connectivity index (χ4v) is 2.72. The van der Waals surface area contributed by atoms with Crippen LogP contribution < -0.4 is 0 Å². The predicted molar refractivity (Wildman–Crippen MR) is 108 cm³/mol. The summed E-state index contributed by atoms with van der Waals surface area (Å²) < 4.78 is 0. The molecule has 156 valence electrons. The van der Waals surface area contributed by atoms with Crippen LogP contribution in [0.2, 0.25) is 0 Å². The number of benzene rings is 2. The zero-order valence-electron chi connectivity index (χ0n) is 15.7. The Hall–Kier alpha value is -4.22. The third-order valence-electron chi connectivity index (χ3n) is 4.40. The molecule has 3 rings (SSSR count). The Labute approximate surface area is 170 Å². The maximum atomic E-state index is 10.8. The highest BCUT2D eigenvalue weighted by atomic mass is 16.6. The summed E-state index contributed by atoms with van der Waals surface area (Å²) in [5, 5.41) is 53.3. The van der Waals surface area contributed by atoms with Gasteiger partial charge >= 0.3 is 0 Å². The number of nitrogens with zero attached hydrogens (tertiary/aromatic N) is 6. The summed E-state index contributed by atoms with van der Waals surface area (Å²) in [4.78, 5) is 20.6. The molecule has 0 atom stereocenters. The summed E-state index contributed by atoms with van der Waals surface area (Å²) in [5.74, 6) is -0.214. The van der Waals surface area contributed by atoms with Crippen LogP contribution in [-0.2, 0) is 0 Å². The van der Waals surface area contributed by atoms with E-state index >= 15 is 0 Å². The molecule has 12 nitrogen and oxygen atoms in total. The van der Waals surface area contributed by atoms with Crippen molar-refractivity contribution in [1.29, 1.82) is 0 Å². The highest BCUT2D eigenvalue weighted by molar-refractivity contribution is 5.84. The van der Waals surface area contributed by atoms with Gasteiger partial charge in [-0.3, -0.25) is 30.2 Å². The second-order valence-corrected chi connectivity index (χ2v) is 6.40. The van der Waals surface area contributed by atoms with Gasteiger partial charge in [0, 0.05) is 35.4 Å². The lowest BCUT2D eigenvalue weighted by atomic mass is 10.2. The largest absolute Gasteiger partial charge is 0.507 e. The van der Waals surface area contributed by atoms with Crippen molar-refractivity contribution in [2.45, 2.75) is 0 Å². The maximum absolute atomic E-state index is 10.8. The smallest absolute Gasteiger partial charge is 0.270 e. The van der Waals surface area contributed by atoms with Crippen LogP contribution in [0, 0.1) is 20.2 Å². The number of aromatic hydroxyl groups is 2. The molecule has 2 aromatic carbocycles. The quantitative estimate of drug-likeness (QED) is 0.412. The molecule has 12 heteroatoms. The SMILES string of the molecule is O=[N+]([O-])c1ccc(O)c(C=NN2CCN(N=Cc3cc([N+](=O)[O-])ccc3O)CC2)c1. The molecule has 0 amide bonds. The van der Waals surface area contributed by atoms with E-state index in [2.05, 4.69) is 10.2 Å². The van der Waals surface area contributed by atoms with Gasteiger partial charge in [-0.05, 0) is 12.1 Å². The van der Waals surface area contributed by atoms with Crippen LogP contribution in [0.15, 0.2) is 46.6 Å². The summed E-state index contributed by atoms with van der Waals surface area (Å²) in [5.41, 5.74) is 0.201. The van der Waals surface area contributed by atoms with E-state index in [0.29, 0.717) is 26.2 Å². The highest BCUT2D eigenvalue weighted by Gasteiger charge is 2.15. The van der Waals surface area contributed by atoms with Crippen LogP contribution in [0.4, 0.5) is 11.4 Å². The number of hydrazone groups is 2. The first-order valence-electron chi connectivity index (χ1n) is 8.86. The average molecular weight is 414 g/mol. The highest BCUT2D eigenvalue weighted by Crippen LogP contribution is 2.22. The maximum Gasteiger partial charge on any atom is 0.270 e. The number of hydrogen-bond acceptors (Lipinski definition) is 10. The normalized spacial score (nSPS) is 14.5. The Morgan fingerprint density at radius 1 is 0.767 bits per heavy atom. The van der Waals surface area contributed by atoms with Crippen molar-refractivity contribution in [3.05, 3.63) is 67.8 Å². The number of piperazine rings is 1. The van der Waals surface area contributed by atoms with Gasteiger partial charge in [0.05, 0.1) is 48.5 Å². The lowest BCUT2D eigenvalue weighted by molar-refractivity contribution is -0.385. The Morgan fingerprint density at radius 3 is 1.47 bits per heavy atom. The summed E-state index contributed by atoms with van der Waals surface area (Å²) in [6, 6.07) is 7.39. The minimum Gasteiger partial charge on any atom is -0.507 e. The lowest BCUT2D eigenvalue weighted by Gasteiger charge is -2.31. The third kappa shape index (κ3) is 4.98. The molecule has 0 saturated carbocycles.